The maximum Gasteiger partial charge on any atom is 0.195 e. The van der Waals surface area contributed by atoms with Gasteiger partial charge < -0.3 is 0 Å². The van der Waals surface area contributed by atoms with Crippen LogP contribution in [0.2, 0.25) is 12.1 Å². The largest absolute Gasteiger partial charge is 0.195 e. The Labute approximate surface area is 184 Å². The maximum absolute atomic E-state index is 7.43. The number of fused-ring (bicyclic) bond motifs is 1. The number of hydrogen-bond donors (Lipinski definition) is 0. The molecule has 0 amide bonds. The van der Waals surface area contributed by atoms with Crippen LogP contribution in [0.3, 0.4) is 0 Å². The number of hydrogen-bond acceptors (Lipinski definition) is 0. The van der Waals surface area contributed by atoms with Gasteiger partial charge in [0.15, 0.2) is 7.38 Å². The average molecular weight is 425 g/mol. The Bertz CT molecular complexity index is 1220. The molecule has 0 saturated carbocycles. The first-order chi connectivity index (χ1) is 14.6. The van der Waals surface area contributed by atoms with Crippen molar-refractivity contribution in [3.8, 4) is 0 Å². The van der Waals surface area contributed by atoms with Crippen molar-refractivity contribution in [2.24, 2.45) is 0 Å². The highest BCUT2D eigenvalue weighted by Crippen LogP contribution is 2.50. The molecule has 0 aliphatic heterocycles. The van der Waals surface area contributed by atoms with Gasteiger partial charge >= 0.3 is 0 Å². The van der Waals surface area contributed by atoms with E-state index in [9.17, 15) is 0 Å². The summed E-state index contributed by atoms with van der Waals surface area (Å²) in [6, 6.07) is 26.0. The molecule has 0 saturated heterocycles. The van der Waals surface area contributed by atoms with Gasteiger partial charge in [0.1, 0.15) is 0 Å². The third-order valence-electron chi connectivity index (χ3n) is 6.55. The van der Waals surface area contributed by atoms with Crippen molar-refractivity contribution in [1.82, 2.24) is 0 Å². The van der Waals surface area contributed by atoms with Gasteiger partial charge in [0.05, 0.1) is 0 Å². The van der Waals surface area contributed by atoms with Crippen molar-refractivity contribution in [2.45, 2.75) is 24.9 Å². The minimum absolute atomic E-state index is 0.235. The van der Waals surface area contributed by atoms with E-state index in [1.165, 1.54) is 38.2 Å². The summed E-state index contributed by atoms with van der Waals surface area (Å²) in [6.07, 6.45) is 11.4. The van der Waals surface area contributed by atoms with Gasteiger partial charge in [0.25, 0.3) is 0 Å². The van der Waals surface area contributed by atoms with Crippen LogP contribution in [0.15, 0.2) is 120 Å². The van der Waals surface area contributed by atoms with Crippen molar-refractivity contribution < 1.29 is 0 Å². The Morgan fingerprint density at radius 1 is 0.800 bits per heavy atom. The van der Waals surface area contributed by atoms with Crippen molar-refractivity contribution >= 4 is 34.4 Å². The molecule has 0 nitrogen and oxygen atoms in total. The molecular weight excluding hydrogens is 400 g/mol. The van der Waals surface area contributed by atoms with Crippen LogP contribution in [-0.4, -0.2) is 7.38 Å². The summed E-state index contributed by atoms with van der Waals surface area (Å²) in [7, 11) is -2.26. The van der Waals surface area contributed by atoms with Gasteiger partial charge in [-0.05, 0) is 39.6 Å². The predicted octanol–water partition coefficient (Wildman–Crippen LogP) is 7.40. The summed E-state index contributed by atoms with van der Waals surface area (Å²) in [5.74, 6) is 0.235. The van der Waals surface area contributed by atoms with Crippen molar-refractivity contribution in [3.63, 3.8) is 0 Å². The molecule has 148 valence electrons. The van der Waals surface area contributed by atoms with E-state index in [1.54, 1.807) is 0 Å². The molecule has 3 aromatic carbocycles. The van der Waals surface area contributed by atoms with E-state index in [0.717, 1.165) is 0 Å². The fraction of sp³-hybridized carbons (Fsp3) is 0.143. The molecule has 3 atom stereocenters. The highest BCUT2D eigenvalue weighted by molar-refractivity contribution is 7.28. The normalized spacial score (nSPS) is 22.6. The summed E-state index contributed by atoms with van der Waals surface area (Å²) in [6.45, 7) is 4.55. The summed E-state index contributed by atoms with van der Waals surface area (Å²) in [5.41, 5.74) is 5.82. The number of rotatable bonds is 3. The fourth-order valence-electron chi connectivity index (χ4n) is 5.17. The van der Waals surface area contributed by atoms with Crippen LogP contribution in [-0.2, 0) is 0 Å². The molecule has 2 aliphatic carbocycles. The van der Waals surface area contributed by atoms with Crippen LogP contribution >= 0.6 is 11.1 Å². The lowest BCUT2D eigenvalue weighted by atomic mass is 9.86. The first-order valence-corrected chi connectivity index (χ1v) is 14.2. The van der Waals surface area contributed by atoms with Crippen LogP contribution in [0.1, 0.15) is 18.4 Å². The summed E-state index contributed by atoms with van der Waals surface area (Å²) >= 11 is 7.43. The number of benzene rings is 3. The Balaban J connectivity index is 1.67. The monoisotopic (exact) mass is 424 g/mol. The summed E-state index contributed by atoms with van der Waals surface area (Å²) in [4.78, 5) is 0. The lowest BCUT2D eigenvalue weighted by Gasteiger charge is -2.30. The first kappa shape index (κ1) is 19.4. The third-order valence-corrected chi connectivity index (χ3v) is 11.2. The van der Waals surface area contributed by atoms with Crippen LogP contribution in [0.5, 0.6) is 0 Å². The summed E-state index contributed by atoms with van der Waals surface area (Å²) < 4.78 is 0. The molecule has 3 aromatic rings. The average Bonchev–Trinajstić information content (AvgIpc) is 2.98. The maximum atomic E-state index is 7.43. The Morgan fingerprint density at radius 3 is 2.37 bits per heavy atom. The first-order valence-electron chi connectivity index (χ1n) is 10.6. The molecule has 0 N–H and O–H groups in total. The zero-order valence-corrected chi connectivity index (χ0v) is 19.1. The zero-order chi connectivity index (χ0) is 20.7. The minimum atomic E-state index is -2.26. The molecule has 2 aliphatic rings. The molecule has 2 heteroatoms. The Morgan fingerprint density at radius 2 is 1.53 bits per heavy atom. The van der Waals surface area contributed by atoms with Gasteiger partial charge in [0.2, 0.25) is 0 Å². The lowest BCUT2D eigenvalue weighted by Crippen LogP contribution is -2.44. The Hall–Kier alpha value is -2.61. The summed E-state index contributed by atoms with van der Waals surface area (Å²) in [5, 5.41) is 3.91. The van der Waals surface area contributed by atoms with Gasteiger partial charge in [-0.15, -0.1) is 0 Å². The lowest BCUT2D eigenvalue weighted by molar-refractivity contribution is 1.03. The molecule has 0 radical (unpaired) electrons. The van der Waals surface area contributed by atoms with Crippen LogP contribution in [0.4, 0.5) is 0 Å². The third kappa shape index (κ3) is 3.14. The van der Waals surface area contributed by atoms with E-state index in [4.69, 9.17) is 11.1 Å². The van der Waals surface area contributed by atoms with Gasteiger partial charge in [-0.25, -0.2) is 0 Å². The van der Waals surface area contributed by atoms with Gasteiger partial charge in [0, 0.05) is 11.5 Å². The number of halogens is 1. The van der Waals surface area contributed by atoms with E-state index in [-0.39, 0.29) is 11.5 Å². The SMILES string of the molecule is CC1=CC2=C(C=CC=CC2c2cccc3ccccc23)C1[Si](C)(Cl)c1ccccc1. The molecule has 3 unspecified atom stereocenters. The molecule has 30 heavy (non-hydrogen) atoms. The topological polar surface area (TPSA) is 0 Å². The molecule has 5 rings (SSSR count). The molecule has 0 fully saturated rings. The van der Waals surface area contributed by atoms with Gasteiger partial charge in [-0.3, -0.25) is 0 Å². The standard InChI is InChI=1S/C28H25ClSi/c1-20-19-27-25(24-18-10-12-21-11-6-7-15-23(21)24)16-8-9-17-26(27)28(20)30(2,29)22-13-4-3-5-14-22/h3-19,25,28H,1-2H3. The van der Waals surface area contributed by atoms with Gasteiger partial charge in [-0.1, -0.05) is 115 Å². The smallest absolute Gasteiger partial charge is 0.160 e. The van der Waals surface area contributed by atoms with E-state index < -0.39 is 7.38 Å². The fourth-order valence-corrected chi connectivity index (χ4v) is 9.38. The quantitative estimate of drug-likeness (QED) is 0.303. The highest BCUT2D eigenvalue weighted by Gasteiger charge is 2.43. The number of allylic oxidation sites excluding steroid dienone is 8. The minimum Gasteiger partial charge on any atom is -0.160 e. The molecule has 0 heterocycles. The second-order valence-electron chi connectivity index (χ2n) is 8.46. The van der Waals surface area contributed by atoms with E-state index in [1.807, 2.05) is 0 Å². The second kappa shape index (κ2) is 7.57. The molecule has 0 bridgehead atoms. The molecule has 0 spiro atoms. The van der Waals surface area contributed by atoms with Gasteiger partial charge in [-0.2, -0.15) is 11.1 Å². The molecule has 0 aromatic heterocycles. The Kier molecular flexibility index (Phi) is 4.89. The second-order valence-corrected chi connectivity index (χ2v) is 14.1. The zero-order valence-electron chi connectivity index (χ0n) is 17.3. The van der Waals surface area contributed by atoms with Crippen molar-refractivity contribution in [1.29, 1.82) is 0 Å². The van der Waals surface area contributed by atoms with E-state index in [2.05, 4.69) is 117 Å². The van der Waals surface area contributed by atoms with Crippen LogP contribution < -0.4 is 5.19 Å². The highest BCUT2D eigenvalue weighted by atomic mass is 35.6. The van der Waals surface area contributed by atoms with Crippen LogP contribution in [0, 0.1) is 0 Å². The molecular formula is C28H25ClSi. The van der Waals surface area contributed by atoms with Crippen molar-refractivity contribution in [2.75, 3.05) is 0 Å². The van der Waals surface area contributed by atoms with Crippen LogP contribution in [0.25, 0.3) is 10.8 Å². The van der Waals surface area contributed by atoms with Crippen molar-refractivity contribution in [3.05, 3.63) is 125 Å². The van der Waals surface area contributed by atoms with E-state index >= 15 is 0 Å². The van der Waals surface area contributed by atoms with E-state index in [0.29, 0.717) is 0 Å². The predicted molar refractivity (Wildman–Crippen MR) is 133 cm³/mol.